The van der Waals surface area contributed by atoms with Gasteiger partial charge in [0.2, 0.25) is 5.78 Å². The summed E-state index contributed by atoms with van der Waals surface area (Å²) in [6.45, 7) is 1.97. The molecule has 0 amide bonds. The summed E-state index contributed by atoms with van der Waals surface area (Å²) >= 11 is 0. The molecule has 0 saturated heterocycles. The Morgan fingerprint density at radius 1 is 0.875 bits per heavy atom. The second-order valence-corrected chi connectivity index (χ2v) is 6.07. The topological polar surface area (TPSA) is 60.4 Å². The first kappa shape index (κ1) is 16.1. The van der Waals surface area contributed by atoms with Gasteiger partial charge >= 0.3 is 5.97 Å². The highest BCUT2D eigenvalue weighted by molar-refractivity contribution is 6.36. The van der Waals surface area contributed by atoms with E-state index in [-0.39, 0.29) is 11.7 Å². The maximum absolute atomic E-state index is 12.8. The molecule has 0 N–H and O–H groups in total. The lowest BCUT2D eigenvalue weighted by Crippen LogP contribution is -2.20. The lowest BCUT2D eigenvalue weighted by Gasteiger charge is -2.01. The predicted molar refractivity (Wildman–Crippen MR) is 88.7 cm³/mol. The van der Waals surface area contributed by atoms with E-state index in [0.717, 1.165) is 11.1 Å². The molecule has 3 atom stereocenters. The fraction of sp³-hybridized carbons (Fsp3) is 0.250. The van der Waals surface area contributed by atoms with Crippen molar-refractivity contribution in [2.45, 2.75) is 12.8 Å². The summed E-state index contributed by atoms with van der Waals surface area (Å²) in [5, 5.41) is 0. The normalized spacial score (nSPS) is 21.8. The fourth-order valence-corrected chi connectivity index (χ4v) is 3.20. The van der Waals surface area contributed by atoms with E-state index in [2.05, 4.69) is 4.74 Å². The SMILES string of the molecule is COC(=O)C(=O)C1C(C(=O)c2ccccc2)C1c1ccc(C)cc1. The van der Waals surface area contributed by atoms with Crippen LogP contribution in [0.4, 0.5) is 0 Å². The molecule has 1 saturated carbocycles. The van der Waals surface area contributed by atoms with E-state index in [1.807, 2.05) is 37.3 Å². The number of carbonyl (C=O) groups is 3. The summed E-state index contributed by atoms with van der Waals surface area (Å²) in [5.74, 6) is -3.05. The Balaban J connectivity index is 1.92. The third-order valence-electron chi connectivity index (χ3n) is 4.53. The van der Waals surface area contributed by atoms with Crippen LogP contribution in [0.5, 0.6) is 0 Å². The molecule has 0 bridgehead atoms. The maximum atomic E-state index is 12.8. The quantitative estimate of drug-likeness (QED) is 0.482. The molecule has 24 heavy (non-hydrogen) atoms. The number of esters is 1. The minimum Gasteiger partial charge on any atom is -0.463 e. The van der Waals surface area contributed by atoms with Crippen LogP contribution < -0.4 is 0 Å². The zero-order valence-corrected chi connectivity index (χ0v) is 13.6. The first-order valence-corrected chi connectivity index (χ1v) is 7.82. The second kappa shape index (κ2) is 6.40. The van der Waals surface area contributed by atoms with Crippen LogP contribution in [0.25, 0.3) is 0 Å². The van der Waals surface area contributed by atoms with E-state index in [1.165, 1.54) is 7.11 Å². The number of Topliss-reactive ketones (excluding diaryl/α,β-unsaturated/α-hetero) is 2. The second-order valence-electron chi connectivity index (χ2n) is 6.07. The van der Waals surface area contributed by atoms with Crippen molar-refractivity contribution in [2.75, 3.05) is 7.11 Å². The Hall–Kier alpha value is -2.75. The van der Waals surface area contributed by atoms with Gasteiger partial charge in [-0.25, -0.2) is 4.79 Å². The molecule has 3 rings (SSSR count). The summed E-state index contributed by atoms with van der Waals surface area (Å²) in [4.78, 5) is 36.7. The summed E-state index contributed by atoms with van der Waals surface area (Å²) in [6.07, 6.45) is 0. The molecule has 0 aliphatic heterocycles. The highest BCUT2D eigenvalue weighted by Gasteiger charge is 2.60. The Labute approximate surface area is 140 Å². The van der Waals surface area contributed by atoms with Gasteiger partial charge < -0.3 is 4.74 Å². The van der Waals surface area contributed by atoms with Crippen molar-refractivity contribution in [1.82, 2.24) is 0 Å². The van der Waals surface area contributed by atoms with Gasteiger partial charge in [0.05, 0.1) is 7.11 Å². The molecule has 3 unspecified atom stereocenters. The Morgan fingerprint density at radius 2 is 1.50 bits per heavy atom. The lowest BCUT2D eigenvalue weighted by molar-refractivity contribution is -0.152. The Kier molecular flexibility index (Phi) is 4.30. The van der Waals surface area contributed by atoms with E-state index in [9.17, 15) is 14.4 Å². The highest BCUT2D eigenvalue weighted by atomic mass is 16.5. The number of rotatable bonds is 5. The minimum absolute atomic E-state index is 0.108. The molecule has 4 nitrogen and oxygen atoms in total. The largest absolute Gasteiger partial charge is 0.463 e. The van der Waals surface area contributed by atoms with Crippen molar-refractivity contribution in [3.8, 4) is 0 Å². The number of benzene rings is 2. The Bertz CT molecular complexity index is 777. The van der Waals surface area contributed by atoms with E-state index < -0.39 is 23.6 Å². The van der Waals surface area contributed by atoms with Gasteiger partial charge in [-0.15, -0.1) is 0 Å². The maximum Gasteiger partial charge on any atom is 0.374 e. The number of ketones is 2. The molecule has 2 aromatic rings. The number of methoxy groups -OCH3 is 1. The standard InChI is InChI=1S/C20H18O4/c1-12-8-10-13(11-9-12)15-16(17(15)19(22)20(23)24-2)18(21)14-6-4-3-5-7-14/h3-11,15-17H,1-2H3. The highest BCUT2D eigenvalue weighted by Crippen LogP contribution is 2.56. The molecule has 122 valence electrons. The number of hydrogen-bond donors (Lipinski definition) is 0. The molecule has 1 fully saturated rings. The summed E-state index contributed by atoms with van der Waals surface area (Å²) in [6, 6.07) is 16.6. The van der Waals surface area contributed by atoms with Crippen LogP contribution in [0.3, 0.4) is 0 Å². The first-order valence-electron chi connectivity index (χ1n) is 7.82. The number of ether oxygens (including phenoxy) is 1. The van der Waals surface area contributed by atoms with E-state index in [1.54, 1.807) is 24.3 Å². The molecule has 2 aromatic carbocycles. The smallest absolute Gasteiger partial charge is 0.374 e. The minimum atomic E-state index is -0.888. The monoisotopic (exact) mass is 322 g/mol. The molecular formula is C20H18O4. The van der Waals surface area contributed by atoms with Crippen molar-refractivity contribution in [3.63, 3.8) is 0 Å². The molecule has 1 aliphatic carbocycles. The van der Waals surface area contributed by atoms with Gasteiger partial charge in [0.15, 0.2) is 5.78 Å². The number of hydrogen-bond acceptors (Lipinski definition) is 4. The van der Waals surface area contributed by atoms with Crippen LogP contribution in [0, 0.1) is 18.8 Å². The summed E-state index contributed by atoms with van der Waals surface area (Å²) in [5.41, 5.74) is 2.55. The average molecular weight is 322 g/mol. The van der Waals surface area contributed by atoms with Gasteiger partial charge in [0, 0.05) is 23.3 Å². The van der Waals surface area contributed by atoms with Crippen molar-refractivity contribution >= 4 is 17.5 Å². The van der Waals surface area contributed by atoms with Crippen molar-refractivity contribution in [1.29, 1.82) is 0 Å². The van der Waals surface area contributed by atoms with Gasteiger partial charge in [0.25, 0.3) is 0 Å². The molecule has 1 aliphatic rings. The van der Waals surface area contributed by atoms with Gasteiger partial charge in [0.1, 0.15) is 0 Å². The van der Waals surface area contributed by atoms with E-state index >= 15 is 0 Å². The summed E-state index contributed by atoms with van der Waals surface area (Å²) < 4.78 is 4.55. The molecule has 4 heteroatoms. The van der Waals surface area contributed by atoms with Crippen LogP contribution in [0.1, 0.15) is 27.4 Å². The van der Waals surface area contributed by atoms with Crippen LogP contribution in [0.2, 0.25) is 0 Å². The summed E-state index contributed by atoms with van der Waals surface area (Å²) in [7, 11) is 1.18. The van der Waals surface area contributed by atoms with Crippen LogP contribution in [-0.2, 0) is 14.3 Å². The molecule has 0 spiro atoms. The van der Waals surface area contributed by atoms with Crippen LogP contribution in [0.15, 0.2) is 54.6 Å². The van der Waals surface area contributed by atoms with E-state index in [4.69, 9.17) is 0 Å². The van der Waals surface area contributed by atoms with Crippen molar-refractivity contribution < 1.29 is 19.1 Å². The lowest BCUT2D eigenvalue weighted by atomic mass is 10.0. The van der Waals surface area contributed by atoms with Gasteiger partial charge in [-0.2, -0.15) is 0 Å². The fourth-order valence-electron chi connectivity index (χ4n) is 3.20. The van der Waals surface area contributed by atoms with Gasteiger partial charge in [-0.05, 0) is 12.5 Å². The van der Waals surface area contributed by atoms with Crippen molar-refractivity contribution in [2.24, 2.45) is 11.8 Å². The zero-order valence-electron chi connectivity index (χ0n) is 13.6. The van der Waals surface area contributed by atoms with Crippen molar-refractivity contribution in [3.05, 3.63) is 71.3 Å². The zero-order chi connectivity index (χ0) is 17.3. The first-order chi connectivity index (χ1) is 11.5. The Morgan fingerprint density at radius 3 is 2.08 bits per heavy atom. The third kappa shape index (κ3) is 2.87. The number of carbonyl (C=O) groups excluding carboxylic acids is 3. The van der Waals surface area contributed by atoms with Crippen LogP contribution in [-0.4, -0.2) is 24.6 Å². The molecule has 0 radical (unpaired) electrons. The third-order valence-corrected chi connectivity index (χ3v) is 4.53. The molecule has 0 heterocycles. The number of aryl methyl sites for hydroxylation is 1. The van der Waals surface area contributed by atoms with E-state index in [0.29, 0.717) is 5.56 Å². The average Bonchev–Trinajstić information content (AvgIpc) is 3.36. The predicted octanol–water partition coefficient (Wildman–Crippen LogP) is 2.95. The molecule has 0 aromatic heterocycles. The van der Waals surface area contributed by atoms with Crippen LogP contribution >= 0.6 is 0 Å². The van der Waals surface area contributed by atoms with Gasteiger partial charge in [-0.1, -0.05) is 60.2 Å². The van der Waals surface area contributed by atoms with Gasteiger partial charge in [-0.3, -0.25) is 9.59 Å². The molecular weight excluding hydrogens is 304 g/mol.